The van der Waals surface area contributed by atoms with E-state index in [-0.39, 0.29) is 11.5 Å². The topological polar surface area (TPSA) is 68.4 Å². The Bertz CT molecular complexity index is 1290. The second-order valence-corrected chi connectivity index (χ2v) is 7.67. The molecule has 152 valence electrons. The van der Waals surface area contributed by atoms with Gasteiger partial charge in [-0.25, -0.2) is 4.52 Å². The molecule has 0 fully saturated rings. The fourth-order valence-corrected chi connectivity index (χ4v) is 3.55. The Morgan fingerprint density at radius 3 is 2.57 bits per heavy atom. The van der Waals surface area contributed by atoms with E-state index in [0.29, 0.717) is 29.2 Å². The van der Waals surface area contributed by atoms with Crippen LogP contribution in [0.2, 0.25) is 5.02 Å². The van der Waals surface area contributed by atoms with Gasteiger partial charge in [0.1, 0.15) is 5.52 Å². The molecule has 7 heteroatoms. The first-order chi connectivity index (χ1) is 14.4. The van der Waals surface area contributed by atoms with E-state index in [0.717, 1.165) is 16.8 Å². The van der Waals surface area contributed by atoms with E-state index in [1.807, 2.05) is 32.0 Å². The van der Waals surface area contributed by atoms with Crippen LogP contribution in [0.25, 0.3) is 16.8 Å². The number of aromatic nitrogens is 3. The summed E-state index contributed by atoms with van der Waals surface area (Å²) >= 11 is 5.85. The van der Waals surface area contributed by atoms with Crippen molar-refractivity contribution < 1.29 is 4.79 Å². The lowest BCUT2D eigenvalue weighted by Crippen LogP contribution is -2.31. The Kier molecular flexibility index (Phi) is 5.42. The predicted molar refractivity (Wildman–Crippen MR) is 118 cm³/mol. The third-order valence-electron chi connectivity index (χ3n) is 5.01. The van der Waals surface area contributed by atoms with Crippen LogP contribution in [0.4, 0.5) is 0 Å². The number of nitrogens with zero attached hydrogens (tertiary/aromatic N) is 3. The molecular formula is C23H21ClN4O2. The van der Waals surface area contributed by atoms with Gasteiger partial charge in [0.25, 0.3) is 11.5 Å². The van der Waals surface area contributed by atoms with Crippen LogP contribution >= 0.6 is 11.6 Å². The minimum atomic E-state index is -0.206. The lowest BCUT2D eigenvalue weighted by Gasteiger charge is -2.08. The van der Waals surface area contributed by atoms with Crippen LogP contribution in [0.15, 0.2) is 65.7 Å². The third-order valence-corrected chi connectivity index (χ3v) is 5.26. The summed E-state index contributed by atoms with van der Waals surface area (Å²) < 4.78 is 3.17. The number of amides is 1. The Balaban J connectivity index is 1.51. The van der Waals surface area contributed by atoms with Gasteiger partial charge in [0.05, 0.1) is 5.69 Å². The Hall–Kier alpha value is -3.38. The van der Waals surface area contributed by atoms with Gasteiger partial charge in [0, 0.05) is 41.6 Å². The summed E-state index contributed by atoms with van der Waals surface area (Å²) in [6.07, 6.45) is 3.44. The fraction of sp³-hybridized carbons (Fsp3) is 0.174. The lowest BCUT2D eigenvalue weighted by atomic mass is 10.0. The molecule has 0 atom stereocenters. The highest BCUT2D eigenvalue weighted by molar-refractivity contribution is 6.30. The number of aryl methyl sites for hydroxylation is 2. The van der Waals surface area contributed by atoms with Gasteiger partial charge in [-0.3, -0.25) is 9.59 Å². The minimum Gasteiger partial charge on any atom is -0.350 e. The van der Waals surface area contributed by atoms with E-state index >= 15 is 0 Å². The quantitative estimate of drug-likeness (QED) is 0.533. The van der Waals surface area contributed by atoms with Crippen LogP contribution in [0.1, 0.15) is 21.5 Å². The first-order valence-electron chi connectivity index (χ1n) is 9.62. The molecule has 4 aromatic rings. The molecular weight excluding hydrogens is 400 g/mol. The molecule has 0 aliphatic carbocycles. The molecule has 0 aliphatic heterocycles. The number of carbonyl (C=O) groups is 1. The monoisotopic (exact) mass is 420 g/mol. The summed E-state index contributed by atoms with van der Waals surface area (Å²) in [6, 6.07) is 14.6. The van der Waals surface area contributed by atoms with Crippen molar-refractivity contribution in [3.8, 4) is 11.3 Å². The van der Waals surface area contributed by atoms with Crippen LogP contribution in [0.3, 0.4) is 0 Å². The summed E-state index contributed by atoms with van der Waals surface area (Å²) in [4.78, 5) is 25.1. The first kappa shape index (κ1) is 19.9. The molecule has 1 amide bonds. The van der Waals surface area contributed by atoms with Crippen LogP contribution in [-0.4, -0.2) is 26.6 Å². The number of fused-ring (bicyclic) bond motifs is 1. The Morgan fingerprint density at radius 1 is 1.07 bits per heavy atom. The summed E-state index contributed by atoms with van der Waals surface area (Å²) in [7, 11) is 0. The lowest BCUT2D eigenvalue weighted by molar-refractivity contribution is 0.0952. The molecule has 0 unspecified atom stereocenters. The van der Waals surface area contributed by atoms with E-state index in [9.17, 15) is 9.59 Å². The van der Waals surface area contributed by atoms with Crippen molar-refractivity contribution in [3.05, 3.63) is 93.0 Å². The molecule has 4 rings (SSSR count). The van der Waals surface area contributed by atoms with Crippen LogP contribution in [0, 0.1) is 13.8 Å². The molecule has 0 spiro atoms. The zero-order valence-electron chi connectivity index (χ0n) is 16.7. The van der Waals surface area contributed by atoms with Gasteiger partial charge in [0.2, 0.25) is 0 Å². The van der Waals surface area contributed by atoms with Gasteiger partial charge in [-0.1, -0.05) is 35.4 Å². The maximum Gasteiger partial charge on any atom is 0.276 e. The first-order valence-corrected chi connectivity index (χ1v) is 10.0. The van der Waals surface area contributed by atoms with Crippen molar-refractivity contribution >= 4 is 23.0 Å². The largest absolute Gasteiger partial charge is 0.350 e. The van der Waals surface area contributed by atoms with Crippen molar-refractivity contribution in [2.24, 2.45) is 0 Å². The Morgan fingerprint density at radius 2 is 1.83 bits per heavy atom. The van der Waals surface area contributed by atoms with Crippen LogP contribution in [-0.2, 0) is 6.54 Å². The predicted octanol–water partition coefficient (Wildman–Crippen LogP) is 3.86. The van der Waals surface area contributed by atoms with Gasteiger partial charge in [-0.2, -0.15) is 5.10 Å². The second kappa shape index (κ2) is 8.16. The third kappa shape index (κ3) is 4.00. The van der Waals surface area contributed by atoms with Crippen molar-refractivity contribution in [2.75, 3.05) is 6.54 Å². The summed E-state index contributed by atoms with van der Waals surface area (Å²) in [5, 5.41) is 7.95. The highest BCUT2D eigenvalue weighted by Crippen LogP contribution is 2.23. The van der Waals surface area contributed by atoms with Gasteiger partial charge in [-0.15, -0.1) is 0 Å². The molecule has 0 saturated heterocycles. The number of hydrogen-bond acceptors (Lipinski definition) is 3. The van der Waals surface area contributed by atoms with E-state index in [1.165, 1.54) is 5.56 Å². The smallest absolute Gasteiger partial charge is 0.276 e. The molecule has 0 aliphatic rings. The normalized spacial score (nSPS) is 11.0. The zero-order valence-corrected chi connectivity index (χ0v) is 17.5. The second-order valence-electron chi connectivity index (χ2n) is 7.24. The number of hydrogen-bond donors (Lipinski definition) is 1. The standard InChI is InChI=1S/C23H21ClN4O2/c1-15-3-8-19(16(2)13-15)20-14-21-23(30)27(11-12-28(21)26-20)10-9-25-22(29)17-4-6-18(24)7-5-17/h3-8,11-14H,9-10H2,1-2H3,(H,25,29). The maximum atomic E-state index is 12.9. The van der Waals surface area contributed by atoms with Crippen molar-refractivity contribution in [3.63, 3.8) is 0 Å². The van der Waals surface area contributed by atoms with Crippen molar-refractivity contribution in [2.45, 2.75) is 20.4 Å². The van der Waals surface area contributed by atoms with Gasteiger partial charge in [0.15, 0.2) is 0 Å². The minimum absolute atomic E-state index is 0.151. The molecule has 2 aromatic heterocycles. The number of benzene rings is 2. The van der Waals surface area contributed by atoms with Gasteiger partial charge >= 0.3 is 0 Å². The maximum absolute atomic E-state index is 12.9. The molecule has 0 saturated carbocycles. The molecule has 1 N–H and O–H groups in total. The highest BCUT2D eigenvalue weighted by Gasteiger charge is 2.11. The van der Waals surface area contributed by atoms with E-state index < -0.39 is 0 Å². The molecule has 2 aromatic carbocycles. The summed E-state index contributed by atoms with van der Waals surface area (Å²) in [6.45, 7) is 4.77. The fourth-order valence-electron chi connectivity index (χ4n) is 3.43. The van der Waals surface area contributed by atoms with E-state index in [4.69, 9.17) is 11.6 Å². The highest BCUT2D eigenvalue weighted by atomic mass is 35.5. The van der Waals surface area contributed by atoms with Crippen LogP contribution in [0.5, 0.6) is 0 Å². The SMILES string of the molecule is Cc1ccc(-c2cc3c(=O)n(CCNC(=O)c4ccc(Cl)cc4)ccn3n2)c(C)c1. The molecule has 6 nitrogen and oxygen atoms in total. The number of halogens is 1. The molecule has 0 bridgehead atoms. The molecule has 30 heavy (non-hydrogen) atoms. The molecule has 0 radical (unpaired) electrons. The number of nitrogens with one attached hydrogen (secondary N) is 1. The van der Waals surface area contributed by atoms with Gasteiger partial charge < -0.3 is 9.88 Å². The number of rotatable bonds is 5. The van der Waals surface area contributed by atoms with Crippen LogP contribution < -0.4 is 10.9 Å². The van der Waals surface area contributed by atoms with Gasteiger partial charge in [-0.05, 0) is 49.7 Å². The summed E-state index contributed by atoms with van der Waals surface area (Å²) in [5.74, 6) is -0.206. The summed E-state index contributed by atoms with van der Waals surface area (Å²) in [5.41, 5.74) is 4.94. The Labute approximate surface area is 178 Å². The van der Waals surface area contributed by atoms with Crippen molar-refractivity contribution in [1.82, 2.24) is 19.5 Å². The van der Waals surface area contributed by atoms with E-state index in [2.05, 4.69) is 16.5 Å². The van der Waals surface area contributed by atoms with E-state index in [1.54, 1.807) is 45.7 Å². The average Bonchev–Trinajstić information content (AvgIpc) is 3.15. The average molecular weight is 421 g/mol. The number of carbonyl (C=O) groups excluding carboxylic acids is 1. The molecule has 2 heterocycles. The zero-order chi connectivity index (χ0) is 21.3. The van der Waals surface area contributed by atoms with Crippen molar-refractivity contribution in [1.29, 1.82) is 0 Å².